The van der Waals surface area contributed by atoms with Crippen molar-refractivity contribution in [1.29, 1.82) is 0 Å². The first-order valence-corrected chi connectivity index (χ1v) is 13.1. The highest BCUT2D eigenvalue weighted by Crippen LogP contribution is 2.40. The highest BCUT2D eigenvalue weighted by atomic mass is 19.1. The van der Waals surface area contributed by atoms with E-state index >= 15 is 0 Å². The third kappa shape index (κ3) is 7.31. The highest BCUT2D eigenvalue weighted by molar-refractivity contribution is 5.97. The van der Waals surface area contributed by atoms with E-state index in [0.717, 1.165) is 38.0 Å². The molecule has 2 amide bonds. The van der Waals surface area contributed by atoms with Crippen molar-refractivity contribution in [3.05, 3.63) is 77.9 Å². The molecule has 0 spiro atoms. The molecule has 3 atom stereocenters. The number of likely N-dealkylation sites (N-methyl/N-ethyl adjacent to an activating group) is 1. The molecule has 6 N–H and O–H groups in total. The SMILES string of the molecule is CN1CCN(C(=O)C(CCCNC2CC2c2ccc(F)cc2)NC(=O)c2ccc(N(N)/C=C\N)cc2)CC1. The van der Waals surface area contributed by atoms with E-state index in [9.17, 15) is 14.0 Å². The van der Waals surface area contributed by atoms with Crippen molar-refractivity contribution in [2.75, 3.05) is 44.8 Å². The maximum Gasteiger partial charge on any atom is 0.251 e. The third-order valence-corrected chi connectivity index (χ3v) is 7.26. The van der Waals surface area contributed by atoms with E-state index in [1.807, 2.05) is 24.1 Å². The first-order chi connectivity index (χ1) is 18.4. The predicted molar refractivity (Wildman–Crippen MR) is 147 cm³/mol. The van der Waals surface area contributed by atoms with E-state index in [4.69, 9.17) is 11.6 Å². The second-order valence-corrected chi connectivity index (χ2v) is 10.0. The molecule has 4 rings (SSSR count). The van der Waals surface area contributed by atoms with E-state index in [0.29, 0.717) is 42.7 Å². The summed E-state index contributed by atoms with van der Waals surface area (Å²) in [6.45, 7) is 3.66. The highest BCUT2D eigenvalue weighted by Gasteiger charge is 2.37. The Morgan fingerprint density at radius 3 is 2.45 bits per heavy atom. The summed E-state index contributed by atoms with van der Waals surface area (Å²) in [6.07, 6.45) is 5.13. The largest absolute Gasteiger partial charge is 0.403 e. The lowest BCUT2D eigenvalue weighted by molar-refractivity contribution is -0.135. The first kappa shape index (κ1) is 27.6. The number of halogens is 1. The molecule has 10 heteroatoms. The van der Waals surface area contributed by atoms with E-state index in [1.165, 1.54) is 29.5 Å². The first-order valence-electron chi connectivity index (χ1n) is 13.1. The average Bonchev–Trinajstić information content (AvgIpc) is 3.70. The van der Waals surface area contributed by atoms with Crippen LogP contribution < -0.4 is 27.2 Å². The topological polar surface area (TPSA) is 120 Å². The summed E-state index contributed by atoms with van der Waals surface area (Å²) < 4.78 is 13.2. The van der Waals surface area contributed by atoms with Gasteiger partial charge in [-0.2, -0.15) is 0 Å². The number of anilines is 1. The Bertz CT molecular complexity index is 1100. The number of carbonyl (C=O) groups is 2. The van der Waals surface area contributed by atoms with Crippen LogP contribution in [-0.4, -0.2) is 73.5 Å². The van der Waals surface area contributed by atoms with Crippen molar-refractivity contribution in [3.63, 3.8) is 0 Å². The molecule has 9 nitrogen and oxygen atoms in total. The summed E-state index contributed by atoms with van der Waals surface area (Å²) in [7, 11) is 2.04. The van der Waals surface area contributed by atoms with Crippen LogP contribution in [0.1, 0.15) is 41.1 Å². The second-order valence-electron chi connectivity index (χ2n) is 10.0. The van der Waals surface area contributed by atoms with Gasteiger partial charge in [0.25, 0.3) is 5.91 Å². The number of benzene rings is 2. The summed E-state index contributed by atoms with van der Waals surface area (Å²) in [5.41, 5.74) is 7.66. The molecule has 204 valence electrons. The Hall–Kier alpha value is -3.47. The van der Waals surface area contributed by atoms with Crippen molar-refractivity contribution in [3.8, 4) is 0 Å². The lowest BCUT2D eigenvalue weighted by Crippen LogP contribution is -2.54. The number of rotatable bonds is 11. The van der Waals surface area contributed by atoms with Crippen molar-refractivity contribution in [1.82, 2.24) is 20.4 Å². The van der Waals surface area contributed by atoms with Crippen LogP contribution in [0.5, 0.6) is 0 Å². The van der Waals surface area contributed by atoms with Crippen molar-refractivity contribution in [2.45, 2.75) is 37.3 Å². The van der Waals surface area contributed by atoms with Gasteiger partial charge in [-0.05, 0) is 74.8 Å². The zero-order chi connectivity index (χ0) is 27.1. The Kier molecular flexibility index (Phi) is 9.33. The van der Waals surface area contributed by atoms with Crippen LogP contribution in [0.3, 0.4) is 0 Å². The molecule has 0 aromatic heterocycles. The molecule has 2 aliphatic rings. The van der Waals surface area contributed by atoms with Gasteiger partial charge in [-0.3, -0.25) is 14.6 Å². The van der Waals surface area contributed by atoms with Crippen LogP contribution in [0.4, 0.5) is 10.1 Å². The monoisotopic (exact) mass is 523 g/mol. The van der Waals surface area contributed by atoms with Crippen molar-refractivity contribution >= 4 is 17.5 Å². The summed E-state index contributed by atoms with van der Waals surface area (Å²) >= 11 is 0. The molecular formula is C28H38FN7O2. The maximum atomic E-state index is 13.4. The van der Waals surface area contributed by atoms with Crippen LogP contribution in [-0.2, 0) is 4.79 Å². The van der Waals surface area contributed by atoms with Gasteiger partial charge in [0.1, 0.15) is 11.9 Å². The number of nitrogens with two attached hydrogens (primary N) is 2. The van der Waals surface area contributed by atoms with Gasteiger partial charge in [0, 0.05) is 56.1 Å². The van der Waals surface area contributed by atoms with Crippen molar-refractivity contribution in [2.24, 2.45) is 11.6 Å². The predicted octanol–water partition coefficient (Wildman–Crippen LogP) is 1.73. The lowest BCUT2D eigenvalue weighted by atomic mass is 10.1. The number of hydrazine groups is 1. The molecule has 1 heterocycles. The molecule has 1 saturated heterocycles. The number of amides is 2. The second kappa shape index (κ2) is 12.9. The van der Waals surface area contributed by atoms with Crippen LogP contribution in [0.15, 0.2) is 60.9 Å². The van der Waals surface area contributed by atoms with Crippen LogP contribution >= 0.6 is 0 Å². The molecule has 2 aromatic carbocycles. The quantitative estimate of drug-likeness (QED) is 0.201. The number of carbonyl (C=O) groups excluding carboxylic acids is 2. The van der Waals surface area contributed by atoms with Crippen LogP contribution in [0.2, 0.25) is 0 Å². The van der Waals surface area contributed by atoms with Crippen molar-refractivity contribution < 1.29 is 14.0 Å². The van der Waals surface area contributed by atoms with E-state index in [2.05, 4.69) is 15.5 Å². The lowest BCUT2D eigenvalue weighted by Gasteiger charge is -2.34. The van der Waals surface area contributed by atoms with Gasteiger partial charge in [-0.15, -0.1) is 0 Å². The number of nitrogens with zero attached hydrogens (tertiary/aromatic N) is 3. The van der Waals surface area contributed by atoms with Gasteiger partial charge in [0.05, 0.1) is 5.69 Å². The average molecular weight is 524 g/mol. The van der Waals surface area contributed by atoms with E-state index in [-0.39, 0.29) is 17.6 Å². The Morgan fingerprint density at radius 1 is 1.11 bits per heavy atom. The van der Waals surface area contributed by atoms with Crippen LogP contribution in [0.25, 0.3) is 0 Å². The number of hydrogen-bond donors (Lipinski definition) is 4. The zero-order valence-corrected chi connectivity index (χ0v) is 21.9. The number of piperazine rings is 1. The fourth-order valence-electron chi connectivity index (χ4n) is 4.80. The maximum absolute atomic E-state index is 13.4. The Labute approximate surface area is 223 Å². The third-order valence-electron chi connectivity index (χ3n) is 7.26. The molecule has 0 bridgehead atoms. The summed E-state index contributed by atoms with van der Waals surface area (Å²) in [4.78, 5) is 30.5. The summed E-state index contributed by atoms with van der Waals surface area (Å²) in [5.74, 6) is 5.71. The molecule has 1 aliphatic carbocycles. The van der Waals surface area contributed by atoms with Gasteiger partial charge in [0.15, 0.2) is 0 Å². The molecule has 0 radical (unpaired) electrons. The minimum atomic E-state index is -0.606. The molecular weight excluding hydrogens is 485 g/mol. The van der Waals surface area contributed by atoms with Gasteiger partial charge < -0.3 is 26.2 Å². The van der Waals surface area contributed by atoms with E-state index < -0.39 is 6.04 Å². The molecule has 2 fully saturated rings. The van der Waals surface area contributed by atoms with Crippen LogP contribution in [0, 0.1) is 5.82 Å². The smallest absolute Gasteiger partial charge is 0.251 e. The van der Waals surface area contributed by atoms with Gasteiger partial charge in [-0.1, -0.05) is 12.1 Å². The van der Waals surface area contributed by atoms with Gasteiger partial charge >= 0.3 is 0 Å². The van der Waals surface area contributed by atoms with Gasteiger partial charge in [0.2, 0.25) is 5.91 Å². The molecule has 3 unspecified atom stereocenters. The normalized spacial score (nSPS) is 20.3. The number of nitrogens with one attached hydrogen (secondary N) is 2. The molecule has 38 heavy (non-hydrogen) atoms. The Balaban J connectivity index is 1.32. The number of hydrogen-bond acceptors (Lipinski definition) is 7. The summed E-state index contributed by atoms with van der Waals surface area (Å²) in [6, 6.07) is 13.2. The fraction of sp³-hybridized carbons (Fsp3) is 0.429. The minimum absolute atomic E-state index is 0.0418. The molecule has 1 aliphatic heterocycles. The molecule has 2 aromatic rings. The standard InChI is InChI=1S/C28H38FN7O2/c1-34-15-17-35(18-16-34)28(38)25(33-27(37)21-6-10-23(11-7-21)36(31)14-12-30)3-2-13-32-26-19-24(26)20-4-8-22(29)9-5-20/h4-12,14,24-26,32H,2-3,13,15-19,30-31H2,1H3,(H,33,37)/b14-12-. The zero-order valence-electron chi connectivity index (χ0n) is 21.9. The van der Waals surface area contributed by atoms with E-state index in [1.54, 1.807) is 24.3 Å². The summed E-state index contributed by atoms with van der Waals surface area (Å²) in [5, 5.41) is 7.87. The Morgan fingerprint density at radius 2 is 1.79 bits per heavy atom. The minimum Gasteiger partial charge on any atom is -0.403 e. The van der Waals surface area contributed by atoms with Gasteiger partial charge in [-0.25, -0.2) is 10.2 Å². The fourth-order valence-corrected chi connectivity index (χ4v) is 4.80. The molecule has 1 saturated carbocycles.